The molecule has 0 radical (unpaired) electrons. The smallest absolute Gasteiger partial charge is 0.123 e. The number of fused-ring (bicyclic) bond motifs is 1. The molecule has 0 fully saturated rings. The SMILES string of the molecule is Fc1ccc(CNC2c3ccccc3CC2Cl)cc1. The van der Waals surface area contributed by atoms with E-state index < -0.39 is 0 Å². The molecule has 0 aliphatic heterocycles. The maximum Gasteiger partial charge on any atom is 0.123 e. The molecule has 0 aromatic heterocycles. The van der Waals surface area contributed by atoms with E-state index >= 15 is 0 Å². The summed E-state index contributed by atoms with van der Waals surface area (Å²) in [4.78, 5) is 0. The van der Waals surface area contributed by atoms with Crippen LogP contribution in [0.5, 0.6) is 0 Å². The Balaban J connectivity index is 1.72. The summed E-state index contributed by atoms with van der Waals surface area (Å²) in [7, 11) is 0. The standard InChI is InChI=1S/C16H15ClFN/c17-15-9-12-3-1-2-4-14(12)16(15)19-10-11-5-7-13(18)8-6-11/h1-8,15-16,19H,9-10H2. The van der Waals surface area contributed by atoms with E-state index in [9.17, 15) is 4.39 Å². The number of hydrogen-bond acceptors (Lipinski definition) is 1. The molecule has 1 aliphatic carbocycles. The zero-order valence-electron chi connectivity index (χ0n) is 10.4. The molecule has 0 amide bonds. The molecule has 0 saturated carbocycles. The van der Waals surface area contributed by atoms with Gasteiger partial charge in [-0.3, -0.25) is 0 Å². The Morgan fingerprint density at radius 3 is 2.63 bits per heavy atom. The average Bonchev–Trinajstić information content (AvgIpc) is 2.74. The van der Waals surface area contributed by atoms with E-state index in [-0.39, 0.29) is 17.2 Å². The summed E-state index contributed by atoms with van der Waals surface area (Å²) in [6, 6.07) is 15.1. The predicted molar refractivity (Wildman–Crippen MR) is 75.8 cm³/mol. The summed E-state index contributed by atoms with van der Waals surface area (Å²) in [6.45, 7) is 0.697. The van der Waals surface area contributed by atoms with Gasteiger partial charge in [0.05, 0.1) is 5.38 Å². The molecule has 1 nitrogen and oxygen atoms in total. The number of hydrogen-bond donors (Lipinski definition) is 1. The number of nitrogens with one attached hydrogen (secondary N) is 1. The second-order valence-electron chi connectivity index (χ2n) is 4.90. The summed E-state index contributed by atoms with van der Waals surface area (Å²) < 4.78 is 12.8. The highest BCUT2D eigenvalue weighted by atomic mass is 35.5. The molecular formula is C16H15ClFN. The third-order valence-electron chi connectivity index (χ3n) is 3.61. The van der Waals surface area contributed by atoms with Crippen molar-refractivity contribution >= 4 is 11.6 Å². The van der Waals surface area contributed by atoms with Crippen molar-refractivity contribution in [3.8, 4) is 0 Å². The fraction of sp³-hybridized carbons (Fsp3) is 0.250. The Morgan fingerprint density at radius 2 is 1.84 bits per heavy atom. The van der Waals surface area contributed by atoms with Gasteiger partial charge in [0.25, 0.3) is 0 Å². The highest BCUT2D eigenvalue weighted by Crippen LogP contribution is 2.34. The van der Waals surface area contributed by atoms with Crippen molar-refractivity contribution in [2.75, 3.05) is 0 Å². The molecule has 3 heteroatoms. The molecule has 1 aliphatic rings. The maximum absolute atomic E-state index is 12.8. The van der Waals surface area contributed by atoms with Gasteiger partial charge >= 0.3 is 0 Å². The van der Waals surface area contributed by atoms with Gasteiger partial charge in [-0.2, -0.15) is 0 Å². The van der Waals surface area contributed by atoms with Crippen molar-refractivity contribution < 1.29 is 4.39 Å². The van der Waals surface area contributed by atoms with E-state index in [0.717, 1.165) is 12.0 Å². The molecule has 3 rings (SSSR count). The Labute approximate surface area is 117 Å². The van der Waals surface area contributed by atoms with Gasteiger partial charge in [-0.05, 0) is 35.2 Å². The lowest BCUT2D eigenvalue weighted by Gasteiger charge is -2.17. The number of rotatable bonds is 3. The molecule has 98 valence electrons. The lowest BCUT2D eigenvalue weighted by molar-refractivity contribution is 0.535. The van der Waals surface area contributed by atoms with Gasteiger partial charge in [0.1, 0.15) is 5.82 Å². The van der Waals surface area contributed by atoms with Gasteiger partial charge in [-0.15, -0.1) is 11.6 Å². The minimum absolute atomic E-state index is 0.0813. The van der Waals surface area contributed by atoms with E-state index in [1.807, 2.05) is 12.1 Å². The number of halogens is 2. The third kappa shape index (κ3) is 2.65. The van der Waals surface area contributed by atoms with Crippen LogP contribution in [-0.4, -0.2) is 5.38 Å². The molecular weight excluding hydrogens is 261 g/mol. The van der Waals surface area contributed by atoms with Crippen LogP contribution in [0.1, 0.15) is 22.7 Å². The van der Waals surface area contributed by atoms with Gasteiger partial charge in [0.2, 0.25) is 0 Å². The van der Waals surface area contributed by atoms with Crippen LogP contribution >= 0.6 is 11.6 Å². The van der Waals surface area contributed by atoms with E-state index in [4.69, 9.17) is 11.6 Å². The fourth-order valence-corrected chi connectivity index (χ4v) is 3.01. The lowest BCUT2D eigenvalue weighted by atomic mass is 10.1. The first kappa shape index (κ1) is 12.6. The first-order valence-corrected chi connectivity index (χ1v) is 6.87. The minimum atomic E-state index is -0.204. The molecule has 2 atom stereocenters. The monoisotopic (exact) mass is 275 g/mol. The van der Waals surface area contributed by atoms with Crippen LogP contribution in [0, 0.1) is 5.82 Å². The Kier molecular flexibility index (Phi) is 3.54. The van der Waals surface area contributed by atoms with Crippen molar-refractivity contribution in [1.29, 1.82) is 0 Å². The average molecular weight is 276 g/mol. The molecule has 19 heavy (non-hydrogen) atoms. The van der Waals surface area contributed by atoms with Crippen LogP contribution in [-0.2, 0) is 13.0 Å². The largest absolute Gasteiger partial charge is 0.305 e. The lowest BCUT2D eigenvalue weighted by Crippen LogP contribution is -2.25. The summed E-state index contributed by atoms with van der Waals surface area (Å²) >= 11 is 6.41. The molecule has 0 saturated heterocycles. The first-order chi connectivity index (χ1) is 9.24. The molecule has 0 spiro atoms. The molecule has 2 unspecified atom stereocenters. The van der Waals surface area contributed by atoms with Crippen molar-refractivity contribution in [2.24, 2.45) is 0 Å². The summed E-state index contributed by atoms with van der Waals surface area (Å²) in [5.74, 6) is -0.204. The van der Waals surface area contributed by atoms with Crippen molar-refractivity contribution in [3.63, 3.8) is 0 Å². The van der Waals surface area contributed by atoms with Crippen LogP contribution in [0.4, 0.5) is 4.39 Å². The summed E-state index contributed by atoms with van der Waals surface area (Å²) in [5.41, 5.74) is 3.67. The Bertz CT molecular complexity index is 567. The summed E-state index contributed by atoms with van der Waals surface area (Å²) in [6.07, 6.45) is 0.902. The zero-order valence-corrected chi connectivity index (χ0v) is 11.2. The third-order valence-corrected chi connectivity index (χ3v) is 4.01. The highest BCUT2D eigenvalue weighted by Gasteiger charge is 2.29. The Hall–Kier alpha value is -1.38. The van der Waals surface area contributed by atoms with Crippen LogP contribution in [0.2, 0.25) is 0 Å². The highest BCUT2D eigenvalue weighted by molar-refractivity contribution is 6.21. The van der Waals surface area contributed by atoms with Gasteiger partial charge in [-0.1, -0.05) is 36.4 Å². The maximum atomic E-state index is 12.8. The number of alkyl halides is 1. The van der Waals surface area contributed by atoms with Gasteiger partial charge in [0, 0.05) is 12.6 Å². The van der Waals surface area contributed by atoms with Gasteiger partial charge < -0.3 is 5.32 Å². The summed E-state index contributed by atoms with van der Waals surface area (Å²) in [5, 5.41) is 3.55. The molecule has 2 aromatic rings. The van der Waals surface area contributed by atoms with Crippen LogP contribution < -0.4 is 5.32 Å². The van der Waals surface area contributed by atoms with Crippen LogP contribution in [0.15, 0.2) is 48.5 Å². The fourth-order valence-electron chi connectivity index (χ4n) is 2.61. The van der Waals surface area contributed by atoms with E-state index in [0.29, 0.717) is 6.54 Å². The molecule has 0 heterocycles. The second-order valence-corrected chi connectivity index (χ2v) is 5.46. The Morgan fingerprint density at radius 1 is 1.11 bits per heavy atom. The van der Waals surface area contributed by atoms with E-state index in [1.54, 1.807) is 12.1 Å². The minimum Gasteiger partial charge on any atom is -0.305 e. The van der Waals surface area contributed by atoms with Gasteiger partial charge in [-0.25, -0.2) is 4.39 Å². The quantitative estimate of drug-likeness (QED) is 0.840. The van der Waals surface area contributed by atoms with E-state index in [2.05, 4.69) is 17.4 Å². The van der Waals surface area contributed by atoms with Crippen LogP contribution in [0.25, 0.3) is 0 Å². The van der Waals surface area contributed by atoms with Crippen molar-refractivity contribution in [2.45, 2.75) is 24.4 Å². The van der Waals surface area contributed by atoms with E-state index in [1.165, 1.54) is 23.3 Å². The second kappa shape index (κ2) is 5.32. The predicted octanol–water partition coefficient (Wildman–Crippen LogP) is 3.82. The van der Waals surface area contributed by atoms with Crippen LogP contribution in [0.3, 0.4) is 0 Å². The molecule has 1 N–H and O–H groups in total. The normalized spacial score (nSPS) is 21.4. The van der Waals surface area contributed by atoms with Crippen molar-refractivity contribution in [3.05, 3.63) is 71.0 Å². The number of benzene rings is 2. The molecule has 0 bridgehead atoms. The topological polar surface area (TPSA) is 12.0 Å². The van der Waals surface area contributed by atoms with Crippen molar-refractivity contribution in [1.82, 2.24) is 5.32 Å². The molecule has 2 aromatic carbocycles. The first-order valence-electron chi connectivity index (χ1n) is 6.44. The van der Waals surface area contributed by atoms with Gasteiger partial charge in [0.15, 0.2) is 0 Å². The zero-order chi connectivity index (χ0) is 13.2.